The summed E-state index contributed by atoms with van der Waals surface area (Å²) in [4.78, 5) is 0. The molecule has 0 fully saturated rings. The number of rotatable bonds is 14. The molecule has 18 heavy (non-hydrogen) atoms. The quantitative estimate of drug-likeness (QED) is 0.211. The molecule has 0 bridgehead atoms. The summed E-state index contributed by atoms with van der Waals surface area (Å²) in [5.41, 5.74) is 0. The lowest BCUT2D eigenvalue weighted by Crippen LogP contribution is -1.80. The van der Waals surface area contributed by atoms with Crippen molar-refractivity contribution in [3.8, 4) is 0 Å². The van der Waals surface area contributed by atoms with Crippen molar-refractivity contribution in [1.82, 2.24) is 0 Å². The van der Waals surface area contributed by atoms with Crippen molar-refractivity contribution in [3.05, 3.63) is 18.6 Å². The fourth-order valence-electron chi connectivity index (χ4n) is 2.06. The number of thiol groups is 1. The SMILES string of the molecule is CCCCCCCC/C=C\CCCC[CH]CCS. The third-order valence-corrected chi connectivity index (χ3v) is 3.51. The van der Waals surface area contributed by atoms with Crippen LogP contribution in [0.1, 0.15) is 84.0 Å². The van der Waals surface area contributed by atoms with Crippen LogP contribution < -0.4 is 0 Å². The fraction of sp³-hybridized carbons (Fsp3) is 0.824. The van der Waals surface area contributed by atoms with E-state index in [0.717, 1.165) is 12.2 Å². The molecule has 0 aliphatic rings. The topological polar surface area (TPSA) is 0 Å². The maximum atomic E-state index is 4.20. The van der Waals surface area contributed by atoms with Gasteiger partial charge in [-0.2, -0.15) is 12.6 Å². The Morgan fingerprint density at radius 2 is 1.22 bits per heavy atom. The van der Waals surface area contributed by atoms with Crippen LogP contribution >= 0.6 is 12.6 Å². The van der Waals surface area contributed by atoms with Gasteiger partial charge in [-0.25, -0.2) is 0 Å². The molecule has 0 unspecified atom stereocenters. The average Bonchev–Trinajstić information content (AvgIpc) is 2.39. The molecule has 0 amide bonds. The van der Waals surface area contributed by atoms with Gasteiger partial charge in [0.1, 0.15) is 0 Å². The summed E-state index contributed by atoms with van der Waals surface area (Å²) in [5.74, 6) is 0.998. The van der Waals surface area contributed by atoms with Gasteiger partial charge in [0.2, 0.25) is 0 Å². The highest BCUT2D eigenvalue weighted by Gasteiger charge is 1.89. The summed E-state index contributed by atoms with van der Waals surface area (Å²) >= 11 is 4.20. The second-order valence-electron chi connectivity index (χ2n) is 5.11. The van der Waals surface area contributed by atoms with E-state index >= 15 is 0 Å². The highest BCUT2D eigenvalue weighted by atomic mass is 32.1. The Balaban J connectivity index is 3.00. The Bertz CT molecular complexity index is 145. The molecule has 0 N–H and O–H groups in total. The van der Waals surface area contributed by atoms with Gasteiger partial charge in [-0.15, -0.1) is 0 Å². The van der Waals surface area contributed by atoms with Crippen molar-refractivity contribution in [2.75, 3.05) is 5.75 Å². The van der Waals surface area contributed by atoms with Gasteiger partial charge in [0.05, 0.1) is 0 Å². The molecule has 0 saturated heterocycles. The Kier molecular flexibility index (Phi) is 17.2. The fourth-order valence-corrected chi connectivity index (χ4v) is 2.25. The second-order valence-corrected chi connectivity index (χ2v) is 5.56. The average molecular weight is 270 g/mol. The number of hydrogen-bond donors (Lipinski definition) is 1. The Morgan fingerprint density at radius 1 is 0.667 bits per heavy atom. The molecule has 0 nitrogen and oxygen atoms in total. The maximum Gasteiger partial charge on any atom is -0.00952 e. The molecule has 0 heterocycles. The van der Waals surface area contributed by atoms with E-state index < -0.39 is 0 Å². The number of hydrogen-bond acceptors (Lipinski definition) is 1. The van der Waals surface area contributed by atoms with E-state index in [4.69, 9.17) is 0 Å². The predicted octanol–water partition coefficient (Wildman–Crippen LogP) is 6.38. The zero-order valence-corrected chi connectivity index (χ0v) is 13.3. The monoisotopic (exact) mass is 269 g/mol. The van der Waals surface area contributed by atoms with Crippen molar-refractivity contribution in [2.24, 2.45) is 0 Å². The van der Waals surface area contributed by atoms with Crippen LogP contribution in [0.15, 0.2) is 12.2 Å². The Labute approximate surface area is 121 Å². The zero-order valence-electron chi connectivity index (χ0n) is 12.4. The number of allylic oxidation sites excluding steroid dienone is 2. The van der Waals surface area contributed by atoms with Crippen LogP contribution in [-0.2, 0) is 0 Å². The van der Waals surface area contributed by atoms with E-state index in [1.807, 2.05) is 0 Å². The van der Waals surface area contributed by atoms with Crippen molar-refractivity contribution in [2.45, 2.75) is 84.0 Å². The minimum absolute atomic E-state index is 0.998. The van der Waals surface area contributed by atoms with E-state index in [1.54, 1.807) is 0 Å². The highest BCUT2D eigenvalue weighted by molar-refractivity contribution is 7.80. The lowest BCUT2D eigenvalue weighted by atomic mass is 10.1. The maximum absolute atomic E-state index is 4.20. The summed E-state index contributed by atoms with van der Waals surface area (Å²) in [6.45, 7) is 2.28. The van der Waals surface area contributed by atoms with E-state index in [-0.39, 0.29) is 0 Å². The van der Waals surface area contributed by atoms with Gasteiger partial charge in [-0.3, -0.25) is 0 Å². The number of unbranched alkanes of at least 4 members (excludes halogenated alkanes) is 11. The minimum Gasteiger partial charge on any atom is -0.179 e. The largest absolute Gasteiger partial charge is 0.179 e. The second kappa shape index (κ2) is 17.1. The smallest absolute Gasteiger partial charge is 0.00952 e. The molecule has 0 rings (SSSR count). The first-order valence-electron chi connectivity index (χ1n) is 7.99. The first kappa shape index (κ1) is 18.1. The standard InChI is InChI=1S/C17H33S/c1-2-3-4-5-6-7-8-9-10-11-12-13-14-15-16-17-18/h9-10,15,18H,2-8,11-14,16-17H2,1H3/b10-9-. The lowest BCUT2D eigenvalue weighted by molar-refractivity contribution is 0.611. The predicted molar refractivity (Wildman–Crippen MR) is 88.4 cm³/mol. The highest BCUT2D eigenvalue weighted by Crippen LogP contribution is 2.08. The third kappa shape index (κ3) is 16.1. The molecule has 0 aliphatic carbocycles. The van der Waals surface area contributed by atoms with Gasteiger partial charge in [0.15, 0.2) is 0 Å². The van der Waals surface area contributed by atoms with E-state index in [2.05, 4.69) is 38.1 Å². The van der Waals surface area contributed by atoms with Crippen molar-refractivity contribution < 1.29 is 0 Å². The molecule has 0 spiro atoms. The summed E-state index contributed by atoms with van der Waals surface area (Å²) < 4.78 is 0. The third-order valence-electron chi connectivity index (χ3n) is 3.25. The first-order valence-corrected chi connectivity index (χ1v) is 8.62. The molecule has 0 atom stereocenters. The van der Waals surface area contributed by atoms with Crippen LogP contribution in [0.2, 0.25) is 0 Å². The van der Waals surface area contributed by atoms with Crippen LogP contribution in [0.3, 0.4) is 0 Å². The van der Waals surface area contributed by atoms with Crippen molar-refractivity contribution in [1.29, 1.82) is 0 Å². The molecule has 0 aromatic heterocycles. The molecular formula is C17H33S. The van der Waals surface area contributed by atoms with Gasteiger partial charge in [0, 0.05) is 0 Å². The summed E-state index contributed by atoms with van der Waals surface area (Å²) in [6, 6.07) is 0. The van der Waals surface area contributed by atoms with E-state index in [0.29, 0.717) is 0 Å². The minimum atomic E-state index is 0.998. The zero-order chi connectivity index (χ0) is 13.3. The van der Waals surface area contributed by atoms with Gasteiger partial charge in [-0.1, -0.05) is 64.0 Å². The summed E-state index contributed by atoms with van der Waals surface area (Å²) in [7, 11) is 0. The first-order chi connectivity index (χ1) is 8.91. The van der Waals surface area contributed by atoms with E-state index in [1.165, 1.54) is 70.6 Å². The molecule has 1 heteroatoms. The van der Waals surface area contributed by atoms with Crippen molar-refractivity contribution in [3.63, 3.8) is 0 Å². The van der Waals surface area contributed by atoms with Crippen LogP contribution in [0.5, 0.6) is 0 Å². The van der Waals surface area contributed by atoms with Gasteiger partial charge >= 0.3 is 0 Å². The Hall–Kier alpha value is 0.0900. The molecular weight excluding hydrogens is 236 g/mol. The normalized spacial score (nSPS) is 11.4. The molecule has 0 aromatic rings. The van der Waals surface area contributed by atoms with Crippen LogP contribution in [-0.4, -0.2) is 5.75 Å². The molecule has 0 aliphatic heterocycles. The van der Waals surface area contributed by atoms with Crippen LogP contribution in [0, 0.1) is 6.42 Å². The Morgan fingerprint density at radius 3 is 1.89 bits per heavy atom. The van der Waals surface area contributed by atoms with Gasteiger partial charge in [-0.05, 0) is 44.3 Å². The van der Waals surface area contributed by atoms with E-state index in [9.17, 15) is 0 Å². The van der Waals surface area contributed by atoms with Crippen LogP contribution in [0.25, 0.3) is 0 Å². The summed E-state index contributed by atoms with van der Waals surface area (Å²) in [6.07, 6.45) is 23.3. The van der Waals surface area contributed by atoms with Crippen molar-refractivity contribution >= 4 is 12.6 Å². The summed E-state index contributed by atoms with van der Waals surface area (Å²) in [5, 5.41) is 0. The van der Waals surface area contributed by atoms with Crippen LogP contribution in [0.4, 0.5) is 0 Å². The molecule has 0 saturated carbocycles. The molecule has 107 valence electrons. The molecule has 0 aromatic carbocycles. The molecule has 1 radical (unpaired) electrons. The van der Waals surface area contributed by atoms with Gasteiger partial charge < -0.3 is 0 Å². The van der Waals surface area contributed by atoms with Gasteiger partial charge in [0.25, 0.3) is 0 Å². The lowest BCUT2D eigenvalue weighted by Gasteiger charge is -1.98.